The zero-order chi connectivity index (χ0) is 23.7. The van der Waals surface area contributed by atoms with Gasteiger partial charge in [-0.3, -0.25) is 4.90 Å². The number of aromatic nitrogens is 4. The number of anilines is 2. The highest BCUT2D eigenvalue weighted by Gasteiger charge is 2.24. The first-order chi connectivity index (χ1) is 16.5. The topological polar surface area (TPSA) is 85.3 Å². The molecule has 0 saturated carbocycles. The Morgan fingerprint density at radius 2 is 1.82 bits per heavy atom. The van der Waals surface area contributed by atoms with Crippen LogP contribution in [0.2, 0.25) is 5.02 Å². The van der Waals surface area contributed by atoms with Crippen molar-refractivity contribution in [1.29, 1.82) is 0 Å². The summed E-state index contributed by atoms with van der Waals surface area (Å²) in [6.45, 7) is 4.96. The maximum Gasteiger partial charge on any atom is 0.228 e. The molecule has 3 heterocycles. The Kier molecular flexibility index (Phi) is 6.32. The van der Waals surface area contributed by atoms with Gasteiger partial charge in [-0.05, 0) is 30.3 Å². The summed E-state index contributed by atoms with van der Waals surface area (Å²) >= 11 is 6.12. The number of methoxy groups -OCH3 is 1. The summed E-state index contributed by atoms with van der Waals surface area (Å²) in [7, 11) is 1.71. The number of fused-ring (bicyclic) bond motifs is 1. The third kappa shape index (κ3) is 4.42. The number of nitrogens with two attached hydrogens (primary N) is 1. The van der Waals surface area contributed by atoms with E-state index in [0.717, 1.165) is 38.3 Å². The van der Waals surface area contributed by atoms with E-state index in [1.165, 1.54) is 16.8 Å². The molecule has 0 atom stereocenters. The van der Waals surface area contributed by atoms with Crippen LogP contribution in [-0.4, -0.2) is 71.1 Å². The molecule has 1 saturated heterocycles. The first-order valence-electron chi connectivity index (χ1n) is 11.1. The average Bonchev–Trinajstić information content (AvgIpc) is 3.19. The fraction of sp³-hybridized carbons (Fsp3) is 0.292. The van der Waals surface area contributed by atoms with Gasteiger partial charge >= 0.3 is 0 Å². The van der Waals surface area contributed by atoms with Crippen LogP contribution in [0, 0.1) is 5.82 Å². The summed E-state index contributed by atoms with van der Waals surface area (Å²) in [5, 5.41) is 5.88. The van der Waals surface area contributed by atoms with Gasteiger partial charge < -0.3 is 15.4 Å². The molecule has 1 fully saturated rings. The molecule has 0 radical (unpaired) electrons. The number of hydrogen-bond acceptors (Lipinski definition) is 7. The van der Waals surface area contributed by atoms with E-state index in [1.54, 1.807) is 19.2 Å². The minimum atomic E-state index is -0.368. The molecule has 2 aromatic heterocycles. The van der Waals surface area contributed by atoms with Gasteiger partial charge in [0, 0.05) is 50.4 Å². The average molecular weight is 482 g/mol. The third-order valence-electron chi connectivity index (χ3n) is 5.99. The Hall–Kier alpha value is -3.27. The maximum atomic E-state index is 13.9. The lowest BCUT2D eigenvalue weighted by molar-refractivity contribution is 0.144. The molecule has 1 aliphatic rings. The van der Waals surface area contributed by atoms with Crippen molar-refractivity contribution in [3.05, 3.63) is 59.4 Å². The Balaban J connectivity index is 1.59. The molecule has 4 aromatic rings. The van der Waals surface area contributed by atoms with Crippen molar-refractivity contribution in [2.75, 3.05) is 57.1 Å². The predicted octanol–water partition coefficient (Wildman–Crippen LogP) is 3.63. The lowest BCUT2D eigenvalue weighted by Crippen LogP contribution is -2.47. The van der Waals surface area contributed by atoms with E-state index >= 15 is 0 Å². The van der Waals surface area contributed by atoms with E-state index in [0.29, 0.717) is 45.8 Å². The number of rotatable bonds is 6. The predicted molar refractivity (Wildman–Crippen MR) is 132 cm³/mol. The van der Waals surface area contributed by atoms with E-state index in [1.807, 2.05) is 24.3 Å². The van der Waals surface area contributed by atoms with Gasteiger partial charge in [0.2, 0.25) is 5.95 Å². The Labute approximate surface area is 201 Å². The molecular formula is C24H25ClFN7O. The number of ether oxygens (including phenoxy) is 1. The highest BCUT2D eigenvalue weighted by atomic mass is 35.5. The molecule has 1 aliphatic heterocycles. The van der Waals surface area contributed by atoms with Gasteiger partial charge in [0.15, 0.2) is 5.65 Å². The van der Waals surface area contributed by atoms with Crippen molar-refractivity contribution in [3.63, 3.8) is 0 Å². The van der Waals surface area contributed by atoms with Gasteiger partial charge in [0.1, 0.15) is 11.6 Å². The van der Waals surface area contributed by atoms with Crippen LogP contribution in [0.3, 0.4) is 0 Å². The summed E-state index contributed by atoms with van der Waals surface area (Å²) < 4.78 is 20.6. The van der Waals surface area contributed by atoms with Crippen LogP contribution in [0.5, 0.6) is 0 Å². The number of halogens is 2. The zero-order valence-electron chi connectivity index (χ0n) is 18.8. The summed E-state index contributed by atoms with van der Waals surface area (Å²) in [4.78, 5) is 14.2. The minimum Gasteiger partial charge on any atom is -0.383 e. The Bertz CT molecular complexity index is 1300. The van der Waals surface area contributed by atoms with Crippen LogP contribution in [0.15, 0.2) is 48.5 Å². The third-order valence-corrected chi connectivity index (χ3v) is 6.25. The SMILES string of the molecule is COCCN1CCN(c2nc(-c3ccc(Cl)cc3)c3c(N)n(-c4cccc(F)c4)nc3n2)CC1. The molecule has 10 heteroatoms. The van der Waals surface area contributed by atoms with Crippen LogP contribution in [0.4, 0.5) is 16.2 Å². The molecule has 0 spiro atoms. The minimum absolute atomic E-state index is 0.349. The van der Waals surface area contributed by atoms with Gasteiger partial charge in [0.05, 0.1) is 23.4 Å². The maximum absolute atomic E-state index is 13.9. The van der Waals surface area contributed by atoms with Crippen LogP contribution >= 0.6 is 11.6 Å². The second-order valence-electron chi connectivity index (χ2n) is 8.18. The molecule has 8 nitrogen and oxygen atoms in total. The molecule has 0 aliphatic carbocycles. The van der Waals surface area contributed by atoms with Crippen LogP contribution < -0.4 is 10.6 Å². The summed E-state index contributed by atoms with van der Waals surface area (Å²) in [6, 6.07) is 13.6. The Morgan fingerprint density at radius 3 is 2.53 bits per heavy atom. The first-order valence-corrected chi connectivity index (χ1v) is 11.5. The normalized spacial score (nSPS) is 14.7. The fourth-order valence-corrected chi connectivity index (χ4v) is 4.28. The number of hydrogen-bond donors (Lipinski definition) is 1. The van der Waals surface area contributed by atoms with E-state index in [9.17, 15) is 4.39 Å². The number of piperazine rings is 1. The summed E-state index contributed by atoms with van der Waals surface area (Å²) in [5.74, 6) is 0.571. The zero-order valence-corrected chi connectivity index (χ0v) is 19.5. The quantitative estimate of drug-likeness (QED) is 0.450. The summed E-state index contributed by atoms with van der Waals surface area (Å²) in [5.41, 5.74) is 9.01. The van der Waals surface area contributed by atoms with Crippen molar-refractivity contribution in [1.82, 2.24) is 24.6 Å². The fourth-order valence-electron chi connectivity index (χ4n) is 4.15. The molecule has 5 rings (SSSR count). The highest BCUT2D eigenvalue weighted by Crippen LogP contribution is 2.34. The Morgan fingerprint density at radius 1 is 1.06 bits per heavy atom. The van der Waals surface area contributed by atoms with Crippen molar-refractivity contribution in [2.24, 2.45) is 0 Å². The second-order valence-corrected chi connectivity index (χ2v) is 8.61. The largest absolute Gasteiger partial charge is 0.383 e. The molecular weight excluding hydrogens is 457 g/mol. The smallest absolute Gasteiger partial charge is 0.228 e. The van der Waals surface area contributed by atoms with Gasteiger partial charge in [0.25, 0.3) is 0 Å². The van der Waals surface area contributed by atoms with Crippen LogP contribution in [0.1, 0.15) is 0 Å². The van der Waals surface area contributed by atoms with E-state index in [4.69, 9.17) is 32.0 Å². The van der Waals surface area contributed by atoms with Crippen molar-refractivity contribution >= 4 is 34.4 Å². The van der Waals surface area contributed by atoms with Gasteiger partial charge in [-0.2, -0.15) is 4.98 Å². The monoisotopic (exact) mass is 481 g/mol. The second kappa shape index (κ2) is 9.54. The highest BCUT2D eigenvalue weighted by molar-refractivity contribution is 6.30. The van der Waals surface area contributed by atoms with Gasteiger partial charge in [-0.25, -0.2) is 14.1 Å². The van der Waals surface area contributed by atoms with Gasteiger partial charge in [-0.15, -0.1) is 5.10 Å². The molecule has 176 valence electrons. The number of benzene rings is 2. The molecule has 2 aromatic carbocycles. The molecule has 2 N–H and O–H groups in total. The first kappa shape index (κ1) is 22.5. The summed E-state index contributed by atoms with van der Waals surface area (Å²) in [6.07, 6.45) is 0. The molecule has 34 heavy (non-hydrogen) atoms. The van der Waals surface area contributed by atoms with Crippen molar-refractivity contribution < 1.29 is 9.13 Å². The van der Waals surface area contributed by atoms with E-state index in [-0.39, 0.29) is 5.82 Å². The van der Waals surface area contributed by atoms with Crippen LogP contribution in [-0.2, 0) is 4.74 Å². The molecule has 0 unspecified atom stereocenters. The number of nitrogen functional groups attached to an aromatic ring is 1. The van der Waals surface area contributed by atoms with E-state index in [2.05, 4.69) is 14.9 Å². The van der Waals surface area contributed by atoms with E-state index < -0.39 is 0 Å². The lowest BCUT2D eigenvalue weighted by Gasteiger charge is -2.34. The van der Waals surface area contributed by atoms with Crippen molar-refractivity contribution in [3.8, 4) is 16.9 Å². The molecule has 0 amide bonds. The van der Waals surface area contributed by atoms with Crippen LogP contribution in [0.25, 0.3) is 28.0 Å². The van der Waals surface area contributed by atoms with Gasteiger partial charge in [-0.1, -0.05) is 29.8 Å². The lowest BCUT2D eigenvalue weighted by atomic mass is 10.1. The molecule has 0 bridgehead atoms. The number of nitrogens with zero attached hydrogens (tertiary/aromatic N) is 6. The van der Waals surface area contributed by atoms with Crippen molar-refractivity contribution in [2.45, 2.75) is 0 Å². The standard InChI is InChI=1S/C24H25ClFN7O/c1-34-14-13-31-9-11-32(12-10-31)24-28-21(16-5-7-17(25)8-6-16)20-22(27)33(30-23(20)29-24)19-4-2-3-18(26)15-19/h2-8,15H,9-14,27H2,1H3.